The summed E-state index contributed by atoms with van der Waals surface area (Å²) in [6.07, 6.45) is 5.84. The lowest BCUT2D eigenvalue weighted by molar-refractivity contribution is -0.131. The van der Waals surface area contributed by atoms with Crippen molar-refractivity contribution in [3.05, 3.63) is 12.2 Å². The highest BCUT2D eigenvalue weighted by molar-refractivity contribution is 5.92. The topological polar surface area (TPSA) is 116 Å². The number of hydrogen-bond acceptors (Lipinski definition) is 5. The number of carbonyl (C=O) groups is 4. The maximum Gasteiger partial charge on any atom is 0.243 e. The summed E-state index contributed by atoms with van der Waals surface area (Å²) in [6.45, 7) is 9.68. The number of nitrogens with one attached hydrogen (secondary N) is 4. The van der Waals surface area contributed by atoms with E-state index in [0.717, 1.165) is 6.42 Å². The van der Waals surface area contributed by atoms with E-state index in [-0.39, 0.29) is 47.9 Å². The molecule has 8 heteroatoms. The van der Waals surface area contributed by atoms with Gasteiger partial charge in [-0.05, 0) is 45.2 Å². The fourth-order valence-electron chi connectivity index (χ4n) is 3.02. The Morgan fingerprint density at radius 1 is 1.00 bits per heavy atom. The second-order valence-electron chi connectivity index (χ2n) is 7.83. The number of ketones is 1. The predicted octanol–water partition coefficient (Wildman–Crippen LogP) is 1.31. The lowest BCUT2D eigenvalue weighted by Crippen LogP contribution is -2.51. The van der Waals surface area contributed by atoms with Crippen molar-refractivity contribution in [1.29, 1.82) is 0 Å². The minimum Gasteiger partial charge on any atom is -0.353 e. The van der Waals surface area contributed by atoms with Crippen molar-refractivity contribution in [2.75, 3.05) is 20.1 Å². The molecule has 3 atom stereocenters. The van der Waals surface area contributed by atoms with Gasteiger partial charge in [0, 0.05) is 12.5 Å². The quantitative estimate of drug-likeness (QED) is 0.234. The maximum atomic E-state index is 12.5. The molecule has 4 N–H and O–H groups in total. The Kier molecular flexibility index (Phi) is 14.4. The van der Waals surface area contributed by atoms with Crippen LogP contribution in [0, 0.1) is 11.8 Å². The van der Waals surface area contributed by atoms with Crippen LogP contribution in [0.3, 0.4) is 0 Å². The van der Waals surface area contributed by atoms with Crippen LogP contribution in [0.25, 0.3) is 0 Å². The third-order valence-corrected chi connectivity index (χ3v) is 5.01. The van der Waals surface area contributed by atoms with Crippen molar-refractivity contribution in [2.45, 2.75) is 72.4 Å². The number of rotatable bonds is 15. The first-order valence-electron chi connectivity index (χ1n) is 10.9. The van der Waals surface area contributed by atoms with Crippen molar-refractivity contribution < 1.29 is 19.2 Å². The monoisotopic (exact) mass is 424 g/mol. The number of Topliss-reactive ketones (excluding diaryl/α,β-unsaturated/α-hetero) is 1. The summed E-state index contributed by atoms with van der Waals surface area (Å²) in [5.74, 6) is -0.873. The first kappa shape index (κ1) is 27.8. The van der Waals surface area contributed by atoms with E-state index >= 15 is 0 Å². The van der Waals surface area contributed by atoms with E-state index in [1.54, 1.807) is 33.9 Å². The summed E-state index contributed by atoms with van der Waals surface area (Å²) in [7, 11) is 1.72. The Labute approximate surface area is 181 Å². The Hall–Kier alpha value is -2.22. The van der Waals surface area contributed by atoms with Gasteiger partial charge in [-0.1, -0.05) is 40.2 Å². The summed E-state index contributed by atoms with van der Waals surface area (Å²) in [5, 5.41) is 11.1. The first-order valence-corrected chi connectivity index (χ1v) is 10.9. The van der Waals surface area contributed by atoms with Crippen LogP contribution >= 0.6 is 0 Å². The van der Waals surface area contributed by atoms with Crippen LogP contribution in [-0.2, 0) is 19.2 Å². The van der Waals surface area contributed by atoms with Crippen molar-refractivity contribution in [2.24, 2.45) is 11.8 Å². The zero-order valence-corrected chi connectivity index (χ0v) is 19.3. The minimum atomic E-state index is -0.602. The standard InChI is InChI=1S/C22H40N4O4/c1-7-11-18(27)24-13-10-9-12-17(21(29)15(3)4)26-19(28)14-25-22(30)20(23-6)16(5)8-2/h7,11,15-17,20,23H,8-10,12-14H2,1-6H3,(H,24,27)(H,25,30)(H,26,28)/b11-7+/t16-,17-,20?/m0/s1. The molecule has 0 aliphatic heterocycles. The molecule has 0 fully saturated rings. The maximum absolute atomic E-state index is 12.5. The number of likely N-dealkylation sites (N-methyl/N-ethyl adjacent to an activating group) is 1. The molecular formula is C22H40N4O4. The van der Waals surface area contributed by atoms with E-state index in [2.05, 4.69) is 21.3 Å². The third-order valence-electron chi connectivity index (χ3n) is 5.01. The van der Waals surface area contributed by atoms with Crippen LogP contribution in [0.4, 0.5) is 0 Å². The summed E-state index contributed by atoms with van der Waals surface area (Å²) in [5.41, 5.74) is 0. The number of hydrogen-bond donors (Lipinski definition) is 4. The molecule has 0 bridgehead atoms. The van der Waals surface area contributed by atoms with Gasteiger partial charge in [0.15, 0.2) is 5.78 Å². The van der Waals surface area contributed by atoms with Crippen molar-refractivity contribution in [1.82, 2.24) is 21.3 Å². The van der Waals surface area contributed by atoms with Gasteiger partial charge in [0.05, 0.1) is 18.6 Å². The Morgan fingerprint density at radius 2 is 1.67 bits per heavy atom. The van der Waals surface area contributed by atoms with E-state index < -0.39 is 6.04 Å². The highest BCUT2D eigenvalue weighted by atomic mass is 16.2. The van der Waals surface area contributed by atoms with Crippen molar-refractivity contribution in [3.63, 3.8) is 0 Å². The molecule has 3 amide bonds. The predicted molar refractivity (Wildman–Crippen MR) is 119 cm³/mol. The molecule has 0 aromatic rings. The molecule has 0 aromatic carbocycles. The molecule has 0 saturated heterocycles. The summed E-state index contributed by atoms with van der Waals surface area (Å²) in [4.78, 5) is 48.5. The van der Waals surface area contributed by atoms with Crippen LogP contribution < -0.4 is 21.3 Å². The van der Waals surface area contributed by atoms with Crippen molar-refractivity contribution in [3.8, 4) is 0 Å². The molecule has 1 unspecified atom stereocenters. The molecule has 8 nitrogen and oxygen atoms in total. The van der Waals surface area contributed by atoms with E-state index in [1.165, 1.54) is 6.08 Å². The molecule has 0 aliphatic carbocycles. The lowest BCUT2D eigenvalue weighted by Gasteiger charge is -2.22. The fraction of sp³-hybridized carbons (Fsp3) is 0.727. The van der Waals surface area contributed by atoms with Gasteiger partial charge < -0.3 is 21.3 Å². The van der Waals surface area contributed by atoms with Gasteiger partial charge in [0.25, 0.3) is 0 Å². The Morgan fingerprint density at radius 3 is 2.20 bits per heavy atom. The molecule has 0 spiro atoms. The normalized spacial score (nSPS) is 14.2. The molecule has 0 aromatic heterocycles. The SMILES string of the molecule is C/C=C/C(=O)NCCCC[C@H](NC(=O)CNC(=O)C(NC)[C@@H](C)CC)C(=O)C(C)C. The average Bonchev–Trinajstić information content (AvgIpc) is 2.70. The van der Waals surface area contributed by atoms with Crippen LogP contribution in [0.5, 0.6) is 0 Å². The number of allylic oxidation sites excluding steroid dienone is 1. The molecule has 0 radical (unpaired) electrons. The smallest absolute Gasteiger partial charge is 0.243 e. The molecule has 0 saturated carbocycles. The van der Waals surface area contributed by atoms with E-state index in [4.69, 9.17) is 0 Å². The molecule has 30 heavy (non-hydrogen) atoms. The fourth-order valence-corrected chi connectivity index (χ4v) is 3.02. The van der Waals surface area contributed by atoms with Gasteiger partial charge in [0.2, 0.25) is 17.7 Å². The van der Waals surface area contributed by atoms with Gasteiger partial charge in [-0.3, -0.25) is 19.2 Å². The molecule has 172 valence electrons. The highest BCUT2D eigenvalue weighted by Crippen LogP contribution is 2.09. The van der Waals surface area contributed by atoms with Gasteiger partial charge in [-0.2, -0.15) is 0 Å². The number of carbonyl (C=O) groups excluding carboxylic acids is 4. The van der Waals surface area contributed by atoms with Crippen LogP contribution in [0.15, 0.2) is 12.2 Å². The largest absolute Gasteiger partial charge is 0.353 e. The van der Waals surface area contributed by atoms with Gasteiger partial charge in [-0.15, -0.1) is 0 Å². The molecule has 0 aliphatic rings. The van der Waals surface area contributed by atoms with E-state index in [0.29, 0.717) is 25.8 Å². The number of amides is 3. The molecule has 0 heterocycles. The second kappa shape index (κ2) is 15.6. The molecule has 0 rings (SSSR count). The van der Waals surface area contributed by atoms with Gasteiger partial charge >= 0.3 is 0 Å². The zero-order chi connectivity index (χ0) is 23.1. The molecular weight excluding hydrogens is 384 g/mol. The summed E-state index contributed by atoms with van der Waals surface area (Å²) >= 11 is 0. The Bertz CT molecular complexity index is 590. The third kappa shape index (κ3) is 11.1. The average molecular weight is 425 g/mol. The second-order valence-corrected chi connectivity index (χ2v) is 7.83. The van der Waals surface area contributed by atoms with E-state index in [1.807, 2.05) is 13.8 Å². The van der Waals surface area contributed by atoms with Gasteiger partial charge in [0.1, 0.15) is 0 Å². The first-order chi connectivity index (χ1) is 14.2. The summed E-state index contributed by atoms with van der Waals surface area (Å²) < 4.78 is 0. The van der Waals surface area contributed by atoms with Crippen molar-refractivity contribution >= 4 is 23.5 Å². The van der Waals surface area contributed by atoms with Crippen LogP contribution in [-0.4, -0.2) is 55.7 Å². The number of unbranched alkanes of at least 4 members (excludes halogenated alkanes) is 1. The van der Waals surface area contributed by atoms with Crippen LogP contribution in [0.2, 0.25) is 0 Å². The van der Waals surface area contributed by atoms with Crippen LogP contribution in [0.1, 0.15) is 60.3 Å². The summed E-state index contributed by atoms with van der Waals surface area (Å²) in [6, 6.07) is -0.969. The Balaban J connectivity index is 4.60. The lowest BCUT2D eigenvalue weighted by atomic mass is 9.97. The van der Waals surface area contributed by atoms with E-state index in [9.17, 15) is 19.2 Å². The zero-order valence-electron chi connectivity index (χ0n) is 19.3. The minimum absolute atomic E-state index is 0.0414. The van der Waals surface area contributed by atoms with Gasteiger partial charge in [-0.25, -0.2) is 0 Å². The highest BCUT2D eigenvalue weighted by Gasteiger charge is 2.25.